The first-order valence-corrected chi connectivity index (χ1v) is 7.97. The number of piperazine rings is 1. The summed E-state index contributed by atoms with van der Waals surface area (Å²) in [4.78, 5) is 15.7. The molecule has 0 radical (unpaired) electrons. The summed E-state index contributed by atoms with van der Waals surface area (Å²) in [5.74, 6) is 0.188. The van der Waals surface area contributed by atoms with Crippen molar-refractivity contribution in [1.82, 2.24) is 4.90 Å². The average molecular weight is 287 g/mol. The van der Waals surface area contributed by atoms with E-state index < -0.39 is 0 Å². The molecule has 4 nitrogen and oxygen atoms in total. The minimum Gasteiger partial charge on any atom is -0.360 e. The van der Waals surface area contributed by atoms with Crippen LogP contribution in [0.4, 0.5) is 5.69 Å². The first-order valence-electron chi connectivity index (χ1n) is 7.97. The Morgan fingerprint density at radius 2 is 1.71 bits per heavy atom. The SMILES string of the molecule is CN1CCN(c2ccc(C3(N)CCCCC3)cc2)CC1=O. The van der Waals surface area contributed by atoms with Crippen LogP contribution in [-0.2, 0) is 10.3 Å². The molecule has 0 unspecified atom stereocenters. The molecule has 1 saturated heterocycles. The van der Waals surface area contributed by atoms with Crippen molar-refractivity contribution in [3.8, 4) is 0 Å². The molecule has 1 amide bonds. The molecule has 2 N–H and O–H groups in total. The highest BCUT2D eigenvalue weighted by molar-refractivity contribution is 5.82. The third-order valence-corrected chi connectivity index (χ3v) is 5.01. The minimum atomic E-state index is -0.144. The van der Waals surface area contributed by atoms with E-state index in [-0.39, 0.29) is 11.4 Å². The fourth-order valence-electron chi connectivity index (χ4n) is 3.45. The zero-order valence-electron chi connectivity index (χ0n) is 12.8. The lowest BCUT2D eigenvalue weighted by molar-refractivity contribution is -0.129. The predicted molar refractivity (Wildman–Crippen MR) is 85.2 cm³/mol. The Morgan fingerprint density at radius 3 is 2.33 bits per heavy atom. The molecular weight excluding hydrogens is 262 g/mol. The van der Waals surface area contributed by atoms with Gasteiger partial charge in [-0.15, -0.1) is 0 Å². The highest BCUT2D eigenvalue weighted by Crippen LogP contribution is 2.35. The van der Waals surface area contributed by atoms with Crippen LogP contribution in [0.5, 0.6) is 0 Å². The van der Waals surface area contributed by atoms with Crippen LogP contribution in [0.3, 0.4) is 0 Å². The summed E-state index contributed by atoms with van der Waals surface area (Å²) in [6.07, 6.45) is 5.93. The van der Waals surface area contributed by atoms with Crippen molar-refractivity contribution in [1.29, 1.82) is 0 Å². The van der Waals surface area contributed by atoms with Crippen LogP contribution in [0.25, 0.3) is 0 Å². The van der Waals surface area contributed by atoms with E-state index in [0.29, 0.717) is 6.54 Å². The van der Waals surface area contributed by atoms with E-state index in [0.717, 1.165) is 31.6 Å². The second kappa shape index (κ2) is 5.68. The highest BCUT2D eigenvalue weighted by atomic mass is 16.2. The van der Waals surface area contributed by atoms with Gasteiger partial charge in [-0.3, -0.25) is 4.79 Å². The molecule has 0 spiro atoms. The van der Waals surface area contributed by atoms with Gasteiger partial charge in [-0.1, -0.05) is 31.4 Å². The normalized spacial score (nSPS) is 22.5. The van der Waals surface area contributed by atoms with Crippen molar-refractivity contribution in [3.05, 3.63) is 29.8 Å². The minimum absolute atomic E-state index is 0.144. The smallest absolute Gasteiger partial charge is 0.241 e. The van der Waals surface area contributed by atoms with Gasteiger partial charge in [-0.05, 0) is 30.5 Å². The number of carbonyl (C=O) groups is 1. The summed E-state index contributed by atoms with van der Waals surface area (Å²) in [5.41, 5.74) is 8.80. The Hall–Kier alpha value is -1.55. The largest absolute Gasteiger partial charge is 0.360 e. The molecule has 0 bridgehead atoms. The lowest BCUT2D eigenvalue weighted by atomic mass is 9.77. The second-order valence-electron chi connectivity index (χ2n) is 6.50. The van der Waals surface area contributed by atoms with E-state index >= 15 is 0 Å². The highest BCUT2D eigenvalue weighted by Gasteiger charge is 2.29. The van der Waals surface area contributed by atoms with Crippen LogP contribution in [0, 0.1) is 0 Å². The monoisotopic (exact) mass is 287 g/mol. The van der Waals surface area contributed by atoms with Crippen molar-refractivity contribution in [2.75, 3.05) is 31.6 Å². The molecule has 1 aromatic rings. The van der Waals surface area contributed by atoms with Gasteiger partial charge in [-0.2, -0.15) is 0 Å². The summed E-state index contributed by atoms with van der Waals surface area (Å²) < 4.78 is 0. The molecule has 3 rings (SSSR count). The summed E-state index contributed by atoms with van der Waals surface area (Å²) >= 11 is 0. The molecule has 1 saturated carbocycles. The molecule has 1 heterocycles. The van der Waals surface area contributed by atoms with Crippen molar-refractivity contribution >= 4 is 11.6 Å². The topological polar surface area (TPSA) is 49.6 Å². The first-order chi connectivity index (χ1) is 10.1. The predicted octanol–water partition coefficient (Wildman–Crippen LogP) is 2.08. The maximum absolute atomic E-state index is 11.8. The Balaban J connectivity index is 1.73. The fraction of sp³-hybridized carbons (Fsp3) is 0.588. The van der Waals surface area contributed by atoms with E-state index in [4.69, 9.17) is 5.73 Å². The Labute approximate surface area is 126 Å². The molecule has 2 fully saturated rings. The van der Waals surface area contributed by atoms with Crippen LogP contribution in [0.2, 0.25) is 0 Å². The number of nitrogens with two attached hydrogens (primary N) is 1. The summed E-state index contributed by atoms with van der Waals surface area (Å²) in [6, 6.07) is 8.56. The molecule has 2 aliphatic rings. The average Bonchev–Trinajstić information content (AvgIpc) is 2.51. The van der Waals surface area contributed by atoms with Gasteiger partial charge in [0.1, 0.15) is 0 Å². The van der Waals surface area contributed by atoms with E-state index in [1.54, 1.807) is 4.90 Å². The number of nitrogens with zero attached hydrogens (tertiary/aromatic N) is 2. The lowest BCUT2D eigenvalue weighted by Gasteiger charge is -2.35. The summed E-state index contributed by atoms with van der Waals surface area (Å²) in [7, 11) is 1.87. The zero-order valence-corrected chi connectivity index (χ0v) is 12.8. The Kier molecular flexibility index (Phi) is 3.89. The number of carbonyl (C=O) groups excluding carboxylic acids is 1. The van der Waals surface area contributed by atoms with Crippen LogP contribution in [-0.4, -0.2) is 37.5 Å². The standard InChI is InChI=1S/C17H25N3O/c1-19-11-12-20(13-16(19)21)15-7-5-14(6-8-15)17(18)9-3-2-4-10-17/h5-8H,2-4,9-13,18H2,1H3. The number of amides is 1. The molecular formula is C17H25N3O. The van der Waals surface area contributed by atoms with Crippen LogP contribution in [0.15, 0.2) is 24.3 Å². The van der Waals surface area contributed by atoms with Crippen molar-refractivity contribution < 1.29 is 4.79 Å². The van der Waals surface area contributed by atoms with Crippen molar-refractivity contribution in [2.45, 2.75) is 37.6 Å². The first kappa shape index (κ1) is 14.4. The number of hydrogen-bond donors (Lipinski definition) is 1. The van der Waals surface area contributed by atoms with E-state index in [9.17, 15) is 4.79 Å². The van der Waals surface area contributed by atoms with Crippen LogP contribution < -0.4 is 10.6 Å². The van der Waals surface area contributed by atoms with E-state index in [2.05, 4.69) is 29.2 Å². The van der Waals surface area contributed by atoms with Gasteiger partial charge in [0.05, 0.1) is 6.54 Å². The number of rotatable bonds is 2. The number of benzene rings is 1. The number of hydrogen-bond acceptors (Lipinski definition) is 3. The molecule has 1 aliphatic heterocycles. The van der Waals surface area contributed by atoms with Crippen molar-refractivity contribution in [3.63, 3.8) is 0 Å². The number of anilines is 1. The third kappa shape index (κ3) is 2.91. The van der Waals surface area contributed by atoms with Gasteiger partial charge in [0.25, 0.3) is 0 Å². The number of likely N-dealkylation sites (N-methyl/N-ethyl adjacent to an activating group) is 1. The van der Waals surface area contributed by atoms with E-state index in [1.807, 2.05) is 7.05 Å². The van der Waals surface area contributed by atoms with E-state index in [1.165, 1.54) is 24.8 Å². The van der Waals surface area contributed by atoms with Gasteiger partial charge in [-0.25, -0.2) is 0 Å². The van der Waals surface area contributed by atoms with Gasteiger partial charge in [0, 0.05) is 31.4 Å². The molecule has 21 heavy (non-hydrogen) atoms. The van der Waals surface area contributed by atoms with Gasteiger partial charge in [0.2, 0.25) is 5.91 Å². The van der Waals surface area contributed by atoms with Crippen molar-refractivity contribution in [2.24, 2.45) is 5.73 Å². The van der Waals surface area contributed by atoms with Gasteiger partial charge < -0.3 is 15.5 Å². The Bertz CT molecular complexity index is 505. The zero-order chi connectivity index (χ0) is 14.9. The third-order valence-electron chi connectivity index (χ3n) is 5.01. The maximum Gasteiger partial charge on any atom is 0.241 e. The van der Waals surface area contributed by atoms with Crippen LogP contribution >= 0.6 is 0 Å². The maximum atomic E-state index is 11.8. The molecule has 0 atom stereocenters. The van der Waals surface area contributed by atoms with Gasteiger partial charge in [0.15, 0.2) is 0 Å². The quantitative estimate of drug-likeness (QED) is 0.906. The fourth-order valence-corrected chi connectivity index (χ4v) is 3.45. The van der Waals surface area contributed by atoms with Gasteiger partial charge >= 0.3 is 0 Å². The van der Waals surface area contributed by atoms with Crippen LogP contribution in [0.1, 0.15) is 37.7 Å². The molecule has 4 heteroatoms. The molecule has 114 valence electrons. The lowest BCUT2D eigenvalue weighted by Crippen LogP contribution is -2.48. The summed E-state index contributed by atoms with van der Waals surface area (Å²) in [6.45, 7) is 2.17. The molecule has 0 aromatic heterocycles. The molecule has 1 aliphatic carbocycles. The molecule has 1 aromatic carbocycles. The Morgan fingerprint density at radius 1 is 1.05 bits per heavy atom. The summed E-state index contributed by atoms with van der Waals surface area (Å²) in [5, 5.41) is 0. The second-order valence-corrected chi connectivity index (χ2v) is 6.50.